The van der Waals surface area contributed by atoms with Crippen LogP contribution in [0.25, 0.3) is 10.8 Å². The lowest BCUT2D eigenvalue weighted by molar-refractivity contribution is -0.149. The molecule has 1 aliphatic heterocycles. The predicted octanol–water partition coefficient (Wildman–Crippen LogP) is 1.79. The average molecular weight is 603 g/mol. The number of hydrogen-bond donors (Lipinski definition) is 4. The molecule has 13 heteroatoms. The van der Waals surface area contributed by atoms with Crippen molar-refractivity contribution in [2.45, 2.75) is 56.9 Å². The molecule has 1 aliphatic rings. The van der Waals surface area contributed by atoms with Gasteiger partial charge >= 0.3 is 5.97 Å². The first-order valence-electron chi connectivity index (χ1n) is 14.3. The maximum atomic E-state index is 13.7. The highest BCUT2D eigenvalue weighted by Gasteiger charge is 2.33. The van der Waals surface area contributed by atoms with Crippen molar-refractivity contribution < 1.29 is 27.5 Å². The number of rotatable bonds is 14. The summed E-state index contributed by atoms with van der Waals surface area (Å²) in [6.07, 6.45) is 2.52. The molecule has 42 heavy (non-hydrogen) atoms. The Balaban J connectivity index is 1.81. The van der Waals surface area contributed by atoms with Crippen molar-refractivity contribution in [3.63, 3.8) is 0 Å². The van der Waals surface area contributed by atoms with Crippen LogP contribution in [0.15, 0.2) is 47.4 Å². The second-order valence-corrected chi connectivity index (χ2v) is 12.2. The Hall–Kier alpha value is -3.71. The lowest BCUT2D eigenvalue weighted by atomic mass is 9.98. The molecule has 2 aromatic carbocycles. The Morgan fingerprint density at radius 2 is 1.90 bits per heavy atom. The van der Waals surface area contributed by atoms with E-state index in [-0.39, 0.29) is 36.5 Å². The van der Waals surface area contributed by atoms with E-state index in [9.17, 15) is 22.8 Å². The molecule has 2 atom stereocenters. The largest absolute Gasteiger partial charge is 0.465 e. The van der Waals surface area contributed by atoms with Gasteiger partial charge in [-0.3, -0.25) is 19.8 Å². The molecule has 2 aromatic rings. The molecule has 3 rings (SSSR count). The van der Waals surface area contributed by atoms with Crippen LogP contribution >= 0.6 is 0 Å². The van der Waals surface area contributed by atoms with Crippen molar-refractivity contribution in [3.8, 4) is 0 Å². The van der Waals surface area contributed by atoms with E-state index in [1.807, 2.05) is 19.1 Å². The number of unbranched alkanes of at least 4 members (excludes halogenated alkanes) is 1. The third-order valence-corrected chi connectivity index (χ3v) is 8.65. The van der Waals surface area contributed by atoms with Crippen molar-refractivity contribution in [3.05, 3.63) is 42.5 Å². The smallest absolute Gasteiger partial charge is 0.325 e. The molecule has 0 aromatic heterocycles. The summed E-state index contributed by atoms with van der Waals surface area (Å²) in [6.45, 7) is 5.07. The van der Waals surface area contributed by atoms with Gasteiger partial charge in [0, 0.05) is 26.2 Å². The minimum Gasteiger partial charge on any atom is -0.465 e. The second kappa shape index (κ2) is 15.5. The van der Waals surface area contributed by atoms with Crippen LogP contribution in [0.1, 0.15) is 46.0 Å². The zero-order valence-electron chi connectivity index (χ0n) is 24.3. The fourth-order valence-corrected chi connectivity index (χ4v) is 6.16. The van der Waals surface area contributed by atoms with Gasteiger partial charge in [0.1, 0.15) is 12.6 Å². The number of benzene rings is 2. The van der Waals surface area contributed by atoms with Gasteiger partial charge in [-0.1, -0.05) is 43.7 Å². The Bertz CT molecular complexity index is 1370. The summed E-state index contributed by atoms with van der Waals surface area (Å²) in [5, 5.41) is 12.1. The normalized spacial score (nSPS) is 16.0. The van der Waals surface area contributed by atoms with E-state index in [1.54, 1.807) is 30.0 Å². The van der Waals surface area contributed by atoms with Gasteiger partial charge in [0.25, 0.3) is 0 Å². The number of carbonyl (C=O) groups is 3. The summed E-state index contributed by atoms with van der Waals surface area (Å²) in [6, 6.07) is 10.5. The number of carbonyl (C=O) groups excluding carboxylic acids is 3. The van der Waals surface area contributed by atoms with E-state index in [0.717, 1.165) is 24.6 Å². The summed E-state index contributed by atoms with van der Waals surface area (Å²) in [5.74, 6) is -1.78. The maximum absolute atomic E-state index is 13.7. The molecule has 12 nitrogen and oxygen atoms in total. The average Bonchev–Trinajstić information content (AvgIpc) is 2.97. The Morgan fingerprint density at radius 3 is 2.60 bits per heavy atom. The number of nitrogens with one attached hydrogen (secondary N) is 3. The molecule has 2 amide bonds. The second-order valence-electron chi connectivity index (χ2n) is 10.4. The fraction of sp³-hybridized carbons (Fsp3) is 0.517. The van der Waals surface area contributed by atoms with Crippen LogP contribution in [0, 0.1) is 11.3 Å². The van der Waals surface area contributed by atoms with Crippen LogP contribution in [0.4, 0.5) is 0 Å². The molecule has 0 radical (unpaired) electrons. The van der Waals surface area contributed by atoms with E-state index in [1.165, 1.54) is 17.0 Å². The quantitative estimate of drug-likeness (QED) is 0.144. The molecule has 0 spiro atoms. The SMILES string of the molecule is CCCCN(CC(=O)OCC)C(=O)[C@H](CC(=O)NC[C@@H]1CCCN(C(=N)N)C1)NS(=O)(=O)c1ccc2ccccc2c1. The van der Waals surface area contributed by atoms with Crippen molar-refractivity contribution in [1.29, 1.82) is 5.41 Å². The molecule has 0 unspecified atom stereocenters. The summed E-state index contributed by atoms with van der Waals surface area (Å²) in [7, 11) is -4.22. The number of nitrogens with zero attached hydrogens (tertiary/aromatic N) is 2. The monoisotopic (exact) mass is 602 g/mol. The Morgan fingerprint density at radius 1 is 1.17 bits per heavy atom. The van der Waals surface area contributed by atoms with Crippen LogP contribution < -0.4 is 15.8 Å². The molecule has 5 N–H and O–H groups in total. The van der Waals surface area contributed by atoms with Gasteiger partial charge in [-0.2, -0.15) is 4.72 Å². The van der Waals surface area contributed by atoms with Crippen molar-refractivity contribution in [2.24, 2.45) is 11.7 Å². The highest BCUT2D eigenvalue weighted by molar-refractivity contribution is 7.89. The number of guanidine groups is 1. The Labute approximate surface area is 247 Å². The molecular formula is C29H42N6O6S. The van der Waals surface area contributed by atoms with E-state index in [4.69, 9.17) is 15.9 Å². The van der Waals surface area contributed by atoms with Crippen LogP contribution in [0.5, 0.6) is 0 Å². The van der Waals surface area contributed by atoms with Gasteiger partial charge in [0.15, 0.2) is 5.96 Å². The minimum absolute atomic E-state index is 0.0199. The van der Waals surface area contributed by atoms with Gasteiger partial charge in [-0.25, -0.2) is 8.42 Å². The molecule has 1 saturated heterocycles. The third-order valence-electron chi connectivity index (χ3n) is 7.18. The zero-order chi connectivity index (χ0) is 30.7. The molecule has 0 bridgehead atoms. The zero-order valence-corrected chi connectivity index (χ0v) is 25.1. The number of amides is 2. The first-order valence-corrected chi connectivity index (χ1v) is 15.8. The molecule has 0 saturated carbocycles. The maximum Gasteiger partial charge on any atom is 0.325 e. The van der Waals surface area contributed by atoms with Gasteiger partial charge in [-0.15, -0.1) is 0 Å². The van der Waals surface area contributed by atoms with Crippen LogP contribution in [-0.2, 0) is 29.1 Å². The first kappa shape index (κ1) is 32.8. The Kier molecular flexibility index (Phi) is 12.1. The molecule has 1 heterocycles. The molecule has 0 aliphatic carbocycles. The number of sulfonamides is 1. The summed E-state index contributed by atoms with van der Waals surface area (Å²) < 4.78 is 34.5. The number of esters is 1. The van der Waals surface area contributed by atoms with Gasteiger partial charge in [-0.05, 0) is 55.0 Å². The van der Waals surface area contributed by atoms with Gasteiger partial charge in [0.05, 0.1) is 17.9 Å². The van der Waals surface area contributed by atoms with E-state index >= 15 is 0 Å². The topological polar surface area (TPSA) is 175 Å². The third kappa shape index (κ3) is 9.41. The number of piperidine rings is 1. The van der Waals surface area contributed by atoms with Crippen LogP contribution in [0.3, 0.4) is 0 Å². The number of hydrogen-bond acceptors (Lipinski definition) is 7. The first-order chi connectivity index (χ1) is 20.0. The number of ether oxygens (including phenoxy) is 1. The summed E-state index contributed by atoms with van der Waals surface area (Å²) in [5.41, 5.74) is 5.62. The van der Waals surface area contributed by atoms with Crippen LogP contribution in [-0.4, -0.2) is 87.3 Å². The highest BCUT2D eigenvalue weighted by atomic mass is 32.2. The summed E-state index contributed by atoms with van der Waals surface area (Å²) >= 11 is 0. The van der Waals surface area contributed by atoms with E-state index in [0.29, 0.717) is 31.4 Å². The molecular weight excluding hydrogens is 560 g/mol. The molecule has 230 valence electrons. The number of nitrogens with two attached hydrogens (primary N) is 1. The van der Waals surface area contributed by atoms with Crippen molar-refractivity contribution in [1.82, 2.24) is 19.8 Å². The minimum atomic E-state index is -4.22. The van der Waals surface area contributed by atoms with Gasteiger partial charge < -0.3 is 25.6 Å². The predicted molar refractivity (Wildman–Crippen MR) is 160 cm³/mol. The van der Waals surface area contributed by atoms with E-state index in [2.05, 4.69) is 10.0 Å². The lowest BCUT2D eigenvalue weighted by Gasteiger charge is -2.33. The lowest BCUT2D eigenvalue weighted by Crippen LogP contribution is -2.52. The number of fused-ring (bicyclic) bond motifs is 1. The molecule has 1 fully saturated rings. The number of likely N-dealkylation sites (tertiary alicyclic amines) is 1. The summed E-state index contributed by atoms with van der Waals surface area (Å²) in [4.78, 5) is 42.1. The van der Waals surface area contributed by atoms with Gasteiger partial charge in [0.2, 0.25) is 21.8 Å². The standard InChI is InChI=1S/C29H42N6O6S/c1-3-5-14-34(20-27(37)41-4-2)28(38)25(17-26(36)32-18-21-9-8-15-35(19-21)29(30)31)33-42(39,40)24-13-12-22-10-6-7-11-23(22)16-24/h6-7,10-13,16,21,25,33H,3-5,8-9,14-15,17-20H2,1-2H3,(H3,30,31)(H,32,36)/t21-,25-/m0/s1. The van der Waals surface area contributed by atoms with Crippen LogP contribution in [0.2, 0.25) is 0 Å². The van der Waals surface area contributed by atoms with E-state index < -0.39 is 40.3 Å². The van der Waals surface area contributed by atoms with Crippen molar-refractivity contribution in [2.75, 3.05) is 39.3 Å². The highest BCUT2D eigenvalue weighted by Crippen LogP contribution is 2.20. The van der Waals surface area contributed by atoms with Crippen molar-refractivity contribution >= 4 is 44.5 Å². The fourth-order valence-electron chi connectivity index (χ4n) is 4.93.